The summed E-state index contributed by atoms with van der Waals surface area (Å²) in [5.41, 5.74) is 0.949. The maximum atomic E-state index is 12.1. The SMILES string of the molecule is CC(=O)OCc1ccccc1C(=O)OC(=O)c1ccccc1. The fourth-order valence-corrected chi connectivity index (χ4v) is 1.80. The van der Waals surface area contributed by atoms with Crippen LogP contribution in [0.5, 0.6) is 0 Å². The number of carbonyl (C=O) groups is 3. The number of carbonyl (C=O) groups excluding carboxylic acids is 3. The van der Waals surface area contributed by atoms with Gasteiger partial charge in [-0.25, -0.2) is 9.59 Å². The average molecular weight is 298 g/mol. The first kappa shape index (κ1) is 15.4. The van der Waals surface area contributed by atoms with Gasteiger partial charge in [0.25, 0.3) is 0 Å². The number of hydrogen-bond donors (Lipinski definition) is 0. The Balaban J connectivity index is 2.12. The van der Waals surface area contributed by atoms with Crippen LogP contribution in [0.2, 0.25) is 0 Å². The van der Waals surface area contributed by atoms with E-state index >= 15 is 0 Å². The molecule has 112 valence electrons. The zero-order chi connectivity index (χ0) is 15.9. The summed E-state index contributed by atoms with van der Waals surface area (Å²) in [6.07, 6.45) is 0. The summed E-state index contributed by atoms with van der Waals surface area (Å²) < 4.78 is 9.73. The van der Waals surface area contributed by atoms with Crippen LogP contribution in [0.15, 0.2) is 54.6 Å². The molecule has 5 nitrogen and oxygen atoms in total. The molecule has 0 saturated carbocycles. The highest BCUT2D eigenvalue weighted by atomic mass is 16.6. The van der Waals surface area contributed by atoms with Gasteiger partial charge in [0.15, 0.2) is 0 Å². The Hall–Kier alpha value is -2.95. The van der Waals surface area contributed by atoms with Gasteiger partial charge in [-0.3, -0.25) is 4.79 Å². The van der Waals surface area contributed by atoms with E-state index in [-0.39, 0.29) is 17.7 Å². The molecule has 0 aliphatic carbocycles. The van der Waals surface area contributed by atoms with E-state index in [1.54, 1.807) is 48.5 Å². The van der Waals surface area contributed by atoms with Gasteiger partial charge in [0.2, 0.25) is 0 Å². The number of ether oxygens (including phenoxy) is 2. The van der Waals surface area contributed by atoms with Gasteiger partial charge in [0, 0.05) is 12.5 Å². The molecular weight excluding hydrogens is 284 g/mol. The van der Waals surface area contributed by atoms with Gasteiger partial charge in [0.1, 0.15) is 6.61 Å². The third-order valence-corrected chi connectivity index (χ3v) is 2.86. The molecule has 0 heterocycles. The van der Waals surface area contributed by atoms with Crippen molar-refractivity contribution in [3.05, 3.63) is 71.3 Å². The molecule has 22 heavy (non-hydrogen) atoms. The second-order valence-corrected chi connectivity index (χ2v) is 4.48. The lowest BCUT2D eigenvalue weighted by Crippen LogP contribution is -2.15. The van der Waals surface area contributed by atoms with Crippen molar-refractivity contribution < 1.29 is 23.9 Å². The van der Waals surface area contributed by atoms with Gasteiger partial charge in [-0.2, -0.15) is 0 Å². The fourth-order valence-electron chi connectivity index (χ4n) is 1.80. The Morgan fingerprint density at radius 3 is 2.18 bits per heavy atom. The summed E-state index contributed by atoms with van der Waals surface area (Å²) in [7, 11) is 0. The van der Waals surface area contributed by atoms with Crippen LogP contribution < -0.4 is 0 Å². The third kappa shape index (κ3) is 4.02. The molecule has 2 aromatic rings. The average Bonchev–Trinajstić information content (AvgIpc) is 2.54. The normalized spacial score (nSPS) is 9.86. The van der Waals surface area contributed by atoms with E-state index in [0.29, 0.717) is 5.56 Å². The molecule has 5 heteroatoms. The molecule has 0 saturated heterocycles. The van der Waals surface area contributed by atoms with Crippen molar-refractivity contribution in [1.82, 2.24) is 0 Å². The highest BCUT2D eigenvalue weighted by Crippen LogP contribution is 2.13. The third-order valence-electron chi connectivity index (χ3n) is 2.86. The number of hydrogen-bond acceptors (Lipinski definition) is 5. The zero-order valence-electron chi connectivity index (χ0n) is 11.9. The lowest BCUT2D eigenvalue weighted by atomic mass is 10.1. The molecule has 0 spiro atoms. The maximum Gasteiger partial charge on any atom is 0.346 e. The van der Waals surface area contributed by atoms with Crippen LogP contribution in [0.1, 0.15) is 33.2 Å². The Bertz CT molecular complexity index is 691. The first-order valence-corrected chi connectivity index (χ1v) is 6.61. The zero-order valence-corrected chi connectivity index (χ0v) is 11.9. The Labute approximate surface area is 127 Å². The topological polar surface area (TPSA) is 69.7 Å². The molecule has 2 rings (SSSR count). The van der Waals surface area contributed by atoms with E-state index in [0.717, 1.165) is 0 Å². The van der Waals surface area contributed by atoms with Crippen LogP contribution in [0, 0.1) is 0 Å². The molecule has 0 amide bonds. The Kier molecular flexibility index (Phi) is 5.03. The first-order chi connectivity index (χ1) is 10.6. The molecule has 0 bridgehead atoms. The molecule has 0 N–H and O–H groups in total. The van der Waals surface area contributed by atoms with E-state index in [1.165, 1.54) is 13.0 Å². The monoisotopic (exact) mass is 298 g/mol. The van der Waals surface area contributed by atoms with Gasteiger partial charge in [-0.1, -0.05) is 36.4 Å². The van der Waals surface area contributed by atoms with E-state index in [9.17, 15) is 14.4 Å². The standard InChI is InChI=1S/C17H14O5/c1-12(18)21-11-14-9-5-6-10-15(14)17(20)22-16(19)13-7-3-2-4-8-13/h2-10H,11H2,1H3. The van der Waals surface area contributed by atoms with E-state index in [4.69, 9.17) is 9.47 Å². The van der Waals surface area contributed by atoms with Crippen LogP contribution in [-0.2, 0) is 20.9 Å². The summed E-state index contributed by atoms with van der Waals surface area (Å²) in [5, 5.41) is 0. The molecule has 0 atom stereocenters. The van der Waals surface area contributed by atoms with E-state index < -0.39 is 17.9 Å². The molecular formula is C17H14O5. The van der Waals surface area contributed by atoms with Crippen molar-refractivity contribution >= 4 is 17.9 Å². The van der Waals surface area contributed by atoms with Gasteiger partial charge in [-0.15, -0.1) is 0 Å². The Morgan fingerprint density at radius 2 is 1.50 bits per heavy atom. The van der Waals surface area contributed by atoms with Crippen LogP contribution in [0.4, 0.5) is 0 Å². The fraction of sp³-hybridized carbons (Fsp3) is 0.118. The molecule has 2 aromatic carbocycles. The van der Waals surface area contributed by atoms with Crippen molar-refractivity contribution in [3.63, 3.8) is 0 Å². The van der Waals surface area contributed by atoms with E-state index in [2.05, 4.69) is 0 Å². The summed E-state index contributed by atoms with van der Waals surface area (Å²) in [6.45, 7) is 1.22. The molecule has 0 aliphatic rings. The summed E-state index contributed by atoms with van der Waals surface area (Å²) in [5.74, 6) is -1.96. The number of rotatable bonds is 4. The molecule has 0 radical (unpaired) electrons. The highest BCUT2D eigenvalue weighted by Gasteiger charge is 2.17. The molecule has 0 unspecified atom stereocenters. The van der Waals surface area contributed by atoms with Gasteiger partial charge >= 0.3 is 17.9 Å². The highest BCUT2D eigenvalue weighted by molar-refractivity contribution is 6.03. The molecule has 0 aliphatic heterocycles. The largest absolute Gasteiger partial charge is 0.461 e. The molecule has 0 aromatic heterocycles. The van der Waals surface area contributed by atoms with Gasteiger partial charge in [-0.05, 0) is 18.2 Å². The summed E-state index contributed by atoms with van der Waals surface area (Å²) >= 11 is 0. The lowest BCUT2D eigenvalue weighted by molar-refractivity contribution is -0.142. The minimum atomic E-state index is -0.781. The van der Waals surface area contributed by atoms with Crippen molar-refractivity contribution in [2.24, 2.45) is 0 Å². The van der Waals surface area contributed by atoms with Crippen LogP contribution in [0.3, 0.4) is 0 Å². The molecule has 0 fully saturated rings. The number of benzene rings is 2. The van der Waals surface area contributed by atoms with Crippen LogP contribution in [0.25, 0.3) is 0 Å². The minimum Gasteiger partial charge on any atom is -0.461 e. The van der Waals surface area contributed by atoms with Crippen molar-refractivity contribution in [1.29, 1.82) is 0 Å². The quantitative estimate of drug-likeness (QED) is 0.641. The van der Waals surface area contributed by atoms with Gasteiger partial charge in [0.05, 0.1) is 11.1 Å². The van der Waals surface area contributed by atoms with Crippen molar-refractivity contribution in [2.45, 2.75) is 13.5 Å². The Morgan fingerprint density at radius 1 is 0.864 bits per heavy atom. The second kappa shape index (κ2) is 7.17. The summed E-state index contributed by atoms with van der Waals surface area (Å²) in [6, 6.07) is 14.7. The predicted molar refractivity (Wildman–Crippen MR) is 78.1 cm³/mol. The first-order valence-electron chi connectivity index (χ1n) is 6.61. The second-order valence-electron chi connectivity index (χ2n) is 4.48. The van der Waals surface area contributed by atoms with Gasteiger partial charge < -0.3 is 9.47 Å². The lowest BCUT2D eigenvalue weighted by Gasteiger charge is -2.08. The smallest absolute Gasteiger partial charge is 0.346 e. The van der Waals surface area contributed by atoms with Crippen molar-refractivity contribution in [2.75, 3.05) is 0 Å². The predicted octanol–water partition coefficient (Wildman–Crippen LogP) is 2.75. The van der Waals surface area contributed by atoms with Crippen LogP contribution in [-0.4, -0.2) is 17.9 Å². The van der Waals surface area contributed by atoms with Crippen molar-refractivity contribution in [3.8, 4) is 0 Å². The minimum absolute atomic E-state index is 0.0554. The summed E-state index contributed by atoms with van der Waals surface area (Å²) in [4.78, 5) is 34.9. The van der Waals surface area contributed by atoms with E-state index in [1.807, 2.05) is 0 Å². The van der Waals surface area contributed by atoms with Crippen LogP contribution >= 0.6 is 0 Å². The maximum absolute atomic E-state index is 12.1. The number of esters is 3.